The normalized spacial score (nSPS) is 13.0. The first-order chi connectivity index (χ1) is 6.31. The van der Waals surface area contributed by atoms with Crippen LogP contribution in [0, 0.1) is 5.41 Å². The molecule has 0 fully saturated rings. The van der Waals surface area contributed by atoms with Crippen LogP contribution < -0.4 is 0 Å². The van der Waals surface area contributed by atoms with Gasteiger partial charge in [-0.25, -0.2) is 0 Å². The van der Waals surface area contributed by atoms with Crippen LogP contribution in [0.3, 0.4) is 0 Å². The van der Waals surface area contributed by atoms with Crippen molar-refractivity contribution in [2.24, 2.45) is 5.41 Å². The van der Waals surface area contributed by atoms with E-state index < -0.39 is 13.3 Å². The molecule has 0 bridgehead atoms. The van der Waals surface area contributed by atoms with Gasteiger partial charge in [0.05, 0.1) is 0 Å². The molecule has 0 rings (SSSR count). The molecule has 0 atom stereocenters. The van der Waals surface area contributed by atoms with Gasteiger partial charge in [-0.05, 0) is 0 Å². The van der Waals surface area contributed by atoms with Crippen LogP contribution in [0.25, 0.3) is 0 Å². The van der Waals surface area contributed by atoms with Gasteiger partial charge in [0.2, 0.25) is 0 Å². The first-order valence-corrected chi connectivity index (χ1v) is 11.8. The van der Waals surface area contributed by atoms with Crippen molar-refractivity contribution in [2.45, 2.75) is 62.6 Å². The molecule has 0 heterocycles. The van der Waals surface area contributed by atoms with Crippen molar-refractivity contribution in [3.63, 3.8) is 0 Å². The van der Waals surface area contributed by atoms with Crippen LogP contribution in [0.4, 0.5) is 0 Å². The van der Waals surface area contributed by atoms with Gasteiger partial charge in [-0.2, -0.15) is 0 Å². The van der Waals surface area contributed by atoms with Crippen molar-refractivity contribution >= 4 is 19.0 Å². The quantitative estimate of drug-likeness (QED) is 0.679. The zero-order valence-electron chi connectivity index (χ0n) is 10.7. The summed E-state index contributed by atoms with van der Waals surface area (Å²) in [6.45, 7) is 13.0. The van der Waals surface area contributed by atoms with E-state index in [4.69, 9.17) is 0 Å². The Hall–Kier alpha value is 0.213. The fraction of sp³-hybridized carbons (Fsp3) is 0.917. The molecule has 2 heteroatoms. The number of rotatable bonds is 5. The van der Waals surface area contributed by atoms with E-state index in [1.165, 1.54) is 15.8 Å². The van der Waals surface area contributed by atoms with Gasteiger partial charge in [0.15, 0.2) is 0 Å². The Morgan fingerprint density at radius 1 is 1.00 bits per heavy atom. The second kappa shape index (κ2) is 5.34. The monoisotopic (exact) mass is 260 g/mol. The molecule has 0 aromatic carbocycles. The Kier molecular flexibility index (Phi) is 5.42. The maximum absolute atomic E-state index is 12.0. The third-order valence-electron chi connectivity index (χ3n) is 3.62. The molecule has 0 unspecified atom stereocenters. The molecule has 0 aliphatic heterocycles. The first kappa shape index (κ1) is 14.2. The molecular weight excluding hydrogens is 233 g/mol. The topological polar surface area (TPSA) is 17.1 Å². The Morgan fingerprint density at radius 3 is 1.57 bits per heavy atom. The molecule has 84 valence electrons. The van der Waals surface area contributed by atoms with Gasteiger partial charge in [0.25, 0.3) is 0 Å². The molecule has 0 aliphatic carbocycles. The van der Waals surface area contributed by atoms with Gasteiger partial charge in [-0.1, -0.05) is 0 Å². The summed E-state index contributed by atoms with van der Waals surface area (Å²) in [5.41, 5.74) is -0.129. The van der Waals surface area contributed by atoms with Gasteiger partial charge in [0.1, 0.15) is 0 Å². The molecular formula is C12H26GeO. The fourth-order valence-corrected chi connectivity index (χ4v) is 8.99. The number of carbonyl (C=O) groups excluding carboxylic acids is 1. The molecule has 0 aliphatic rings. The standard InChI is InChI=1S/C12H26GeO/c1-7-13(8-2,9-3)10-11(14)12(4,5)6/h7-10H2,1-6H3. The number of carbonyl (C=O) groups is 1. The molecule has 0 aromatic rings. The molecule has 1 nitrogen and oxygen atoms in total. The van der Waals surface area contributed by atoms with Crippen molar-refractivity contribution in [3.05, 3.63) is 0 Å². The number of ketones is 1. The maximum atomic E-state index is 12.0. The van der Waals surface area contributed by atoms with E-state index in [0.29, 0.717) is 5.78 Å². The average molecular weight is 259 g/mol. The second-order valence-electron chi connectivity index (χ2n) is 5.41. The summed E-state index contributed by atoms with van der Waals surface area (Å²) < 4.78 is 0. The molecule has 0 N–H and O–H groups in total. The van der Waals surface area contributed by atoms with Gasteiger partial charge in [-0.3, -0.25) is 0 Å². The van der Waals surface area contributed by atoms with E-state index in [1.54, 1.807) is 0 Å². The Morgan fingerprint density at radius 2 is 1.36 bits per heavy atom. The molecule has 0 aromatic heterocycles. The first-order valence-electron chi connectivity index (χ1n) is 5.84. The summed E-state index contributed by atoms with van der Waals surface area (Å²) in [5, 5.41) is 4.84. The van der Waals surface area contributed by atoms with Gasteiger partial charge in [0, 0.05) is 0 Å². The minimum absolute atomic E-state index is 0.129. The third kappa shape index (κ3) is 3.76. The zero-order chi connectivity index (χ0) is 11.4. The number of hydrogen-bond acceptors (Lipinski definition) is 1. The van der Waals surface area contributed by atoms with Crippen molar-refractivity contribution in [2.75, 3.05) is 0 Å². The predicted molar refractivity (Wildman–Crippen MR) is 66.5 cm³/mol. The van der Waals surface area contributed by atoms with Crippen molar-refractivity contribution in [1.29, 1.82) is 0 Å². The molecule has 0 radical (unpaired) electrons. The van der Waals surface area contributed by atoms with Crippen molar-refractivity contribution in [1.82, 2.24) is 0 Å². The van der Waals surface area contributed by atoms with E-state index >= 15 is 0 Å². The van der Waals surface area contributed by atoms with Crippen LogP contribution in [-0.2, 0) is 4.79 Å². The summed E-state index contributed by atoms with van der Waals surface area (Å²) in [7, 11) is 0. The van der Waals surface area contributed by atoms with E-state index in [1.807, 2.05) is 20.8 Å². The van der Waals surface area contributed by atoms with Crippen LogP contribution in [-0.4, -0.2) is 19.0 Å². The van der Waals surface area contributed by atoms with Crippen LogP contribution in [0.15, 0.2) is 0 Å². The Labute approximate surface area is 92.0 Å². The van der Waals surface area contributed by atoms with Gasteiger partial charge < -0.3 is 0 Å². The predicted octanol–water partition coefficient (Wildman–Crippen LogP) is 4.11. The summed E-state index contributed by atoms with van der Waals surface area (Å²) in [4.78, 5) is 12.0. The molecule has 14 heavy (non-hydrogen) atoms. The Balaban J connectivity index is 4.54. The molecule has 0 saturated heterocycles. The summed E-state index contributed by atoms with van der Waals surface area (Å²) >= 11 is -1.76. The van der Waals surface area contributed by atoms with E-state index in [2.05, 4.69) is 20.8 Å². The van der Waals surface area contributed by atoms with Gasteiger partial charge >= 0.3 is 91.8 Å². The number of Topliss-reactive ketones (excluding diaryl/α,β-unsaturated/α-hetero) is 1. The molecule has 0 amide bonds. The van der Waals surface area contributed by atoms with Crippen LogP contribution in [0.5, 0.6) is 0 Å². The minimum atomic E-state index is -1.76. The van der Waals surface area contributed by atoms with Crippen molar-refractivity contribution in [3.8, 4) is 0 Å². The number of hydrogen-bond donors (Lipinski definition) is 0. The zero-order valence-corrected chi connectivity index (χ0v) is 12.8. The summed E-state index contributed by atoms with van der Waals surface area (Å²) in [6.07, 6.45) is 0. The third-order valence-corrected chi connectivity index (χ3v) is 15.3. The summed E-state index contributed by atoms with van der Waals surface area (Å²) in [5.74, 6) is 0.489. The van der Waals surface area contributed by atoms with E-state index in [9.17, 15) is 4.79 Å². The summed E-state index contributed by atoms with van der Waals surface area (Å²) in [6, 6.07) is 0. The van der Waals surface area contributed by atoms with Crippen LogP contribution in [0.1, 0.15) is 41.5 Å². The fourth-order valence-electron chi connectivity index (χ4n) is 1.73. The van der Waals surface area contributed by atoms with E-state index in [0.717, 1.165) is 5.25 Å². The van der Waals surface area contributed by atoms with E-state index in [-0.39, 0.29) is 5.41 Å². The van der Waals surface area contributed by atoms with Gasteiger partial charge in [-0.15, -0.1) is 0 Å². The van der Waals surface area contributed by atoms with Crippen LogP contribution >= 0.6 is 0 Å². The van der Waals surface area contributed by atoms with Crippen molar-refractivity contribution < 1.29 is 4.79 Å². The molecule has 0 spiro atoms. The Bertz CT molecular complexity index is 179. The molecule has 0 saturated carbocycles. The van der Waals surface area contributed by atoms with Crippen LogP contribution in [0.2, 0.25) is 21.0 Å². The second-order valence-corrected chi connectivity index (χ2v) is 16.9. The average Bonchev–Trinajstić information content (AvgIpc) is 2.12. The SMILES string of the molecule is C[CH2][Ge]([CH2]C)([CH2]C)[CH2]C(=O)C(C)(C)C.